The van der Waals surface area contributed by atoms with Crippen LogP contribution in [-0.4, -0.2) is 15.8 Å². The van der Waals surface area contributed by atoms with E-state index in [2.05, 4.69) is 15.9 Å². The van der Waals surface area contributed by atoms with Gasteiger partial charge in [0.1, 0.15) is 0 Å². The monoisotopic (exact) mass is 321 g/mol. The van der Waals surface area contributed by atoms with Crippen molar-refractivity contribution in [3.63, 3.8) is 0 Å². The predicted molar refractivity (Wildman–Crippen MR) is 72.3 cm³/mol. The molecule has 2 aromatic rings. The summed E-state index contributed by atoms with van der Waals surface area (Å²) < 4.78 is 0.310. The highest BCUT2D eigenvalue weighted by Gasteiger charge is 2.21. The van der Waals surface area contributed by atoms with Crippen LogP contribution in [0, 0.1) is 10.1 Å². The van der Waals surface area contributed by atoms with Crippen LogP contribution in [0.4, 0.5) is 5.69 Å². The lowest BCUT2D eigenvalue weighted by molar-refractivity contribution is -0.385. The van der Waals surface area contributed by atoms with E-state index in [9.17, 15) is 20.0 Å². The number of ketones is 1. The van der Waals surface area contributed by atoms with Crippen LogP contribution in [0.2, 0.25) is 0 Å². The fourth-order valence-electron chi connectivity index (χ4n) is 1.62. The van der Waals surface area contributed by atoms with Crippen molar-refractivity contribution in [1.29, 1.82) is 0 Å². The predicted octanol–water partition coefficient (Wildman–Crippen LogP) is 3.29. The molecule has 0 aromatic heterocycles. The summed E-state index contributed by atoms with van der Waals surface area (Å²) in [6.45, 7) is 0. The Morgan fingerprint density at radius 2 is 1.84 bits per heavy atom. The van der Waals surface area contributed by atoms with E-state index in [0.29, 0.717) is 10.0 Å². The number of benzene rings is 2. The van der Waals surface area contributed by atoms with Crippen LogP contribution in [0.5, 0.6) is 5.75 Å². The van der Waals surface area contributed by atoms with Gasteiger partial charge >= 0.3 is 5.69 Å². The zero-order valence-corrected chi connectivity index (χ0v) is 11.1. The Bertz CT molecular complexity index is 655. The molecule has 0 aliphatic carbocycles. The van der Waals surface area contributed by atoms with Crippen LogP contribution in [0.15, 0.2) is 46.9 Å². The average molecular weight is 322 g/mol. The van der Waals surface area contributed by atoms with E-state index >= 15 is 0 Å². The lowest BCUT2D eigenvalue weighted by atomic mass is 10.0. The van der Waals surface area contributed by atoms with Gasteiger partial charge in [-0.1, -0.05) is 30.3 Å². The van der Waals surface area contributed by atoms with Gasteiger partial charge in [0.2, 0.25) is 0 Å². The van der Waals surface area contributed by atoms with Crippen molar-refractivity contribution in [2.24, 2.45) is 0 Å². The fraction of sp³-hybridized carbons (Fsp3) is 0. The molecule has 2 aromatic carbocycles. The summed E-state index contributed by atoms with van der Waals surface area (Å²) in [5, 5.41) is 20.2. The fourth-order valence-corrected chi connectivity index (χ4v) is 2.13. The normalized spacial score (nSPS) is 10.2. The first kappa shape index (κ1) is 13.2. The molecule has 0 saturated heterocycles. The van der Waals surface area contributed by atoms with Gasteiger partial charge in [0.15, 0.2) is 11.5 Å². The molecule has 0 bridgehead atoms. The number of carbonyl (C=O) groups excluding carboxylic acids is 1. The van der Waals surface area contributed by atoms with Gasteiger partial charge in [-0.2, -0.15) is 0 Å². The molecule has 0 heterocycles. The quantitative estimate of drug-likeness (QED) is 0.534. The van der Waals surface area contributed by atoms with Gasteiger partial charge in [0.25, 0.3) is 0 Å². The number of nitrogens with zero attached hydrogens (tertiary/aromatic N) is 1. The van der Waals surface area contributed by atoms with Crippen molar-refractivity contribution in [2.75, 3.05) is 0 Å². The molecule has 0 unspecified atom stereocenters. The largest absolute Gasteiger partial charge is 0.502 e. The number of nitro benzene ring substituents is 1. The third kappa shape index (κ3) is 2.63. The molecular formula is C13H8BrNO4. The first-order valence-electron chi connectivity index (χ1n) is 5.27. The van der Waals surface area contributed by atoms with Crippen LogP contribution in [0.1, 0.15) is 15.9 Å². The van der Waals surface area contributed by atoms with E-state index < -0.39 is 16.4 Å². The molecule has 0 aliphatic rings. The first-order valence-corrected chi connectivity index (χ1v) is 6.06. The Balaban J connectivity index is 2.54. The highest BCUT2D eigenvalue weighted by Crippen LogP contribution is 2.33. The molecule has 0 aliphatic heterocycles. The van der Waals surface area contributed by atoms with Crippen LogP contribution < -0.4 is 0 Å². The molecule has 96 valence electrons. The highest BCUT2D eigenvalue weighted by molar-refractivity contribution is 9.10. The van der Waals surface area contributed by atoms with Crippen molar-refractivity contribution in [2.45, 2.75) is 0 Å². The molecule has 0 radical (unpaired) electrons. The van der Waals surface area contributed by atoms with Gasteiger partial charge in [-0.25, -0.2) is 0 Å². The molecule has 6 heteroatoms. The van der Waals surface area contributed by atoms with Crippen LogP contribution in [0.25, 0.3) is 0 Å². The number of halogens is 1. The first-order chi connectivity index (χ1) is 9.00. The number of rotatable bonds is 3. The summed E-state index contributed by atoms with van der Waals surface area (Å²) in [4.78, 5) is 22.2. The summed E-state index contributed by atoms with van der Waals surface area (Å²) in [7, 11) is 0. The van der Waals surface area contributed by atoms with E-state index in [4.69, 9.17) is 0 Å². The molecule has 0 amide bonds. The van der Waals surface area contributed by atoms with Gasteiger partial charge in [-0.05, 0) is 15.9 Å². The highest BCUT2D eigenvalue weighted by atomic mass is 79.9. The Hall–Kier alpha value is -2.21. The number of nitro groups is 1. The maximum Gasteiger partial charge on any atom is 0.311 e. The van der Waals surface area contributed by atoms with Crippen molar-refractivity contribution in [1.82, 2.24) is 0 Å². The molecule has 0 atom stereocenters. The van der Waals surface area contributed by atoms with Crippen LogP contribution in [-0.2, 0) is 0 Å². The van der Waals surface area contributed by atoms with Crippen molar-refractivity contribution in [3.05, 3.63) is 68.2 Å². The van der Waals surface area contributed by atoms with Crippen LogP contribution in [0.3, 0.4) is 0 Å². The average Bonchev–Trinajstić information content (AvgIpc) is 2.38. The van der Waals surface area contributed by atoms with Gasteiger partial charge in [0.05, 0.1) is 4.92 Å². The van der Waals surface area contributed by atoms with Gasteiger partial charge in [-0.15, -0.1) is 0 Å². The second kappa shape index (κ2) is 5.19. The minimum absolute atomic E-state index is 0.135. The van der Waals surface area contributed by atoms with E-state index in [1.54, 1.807) is 30.3 Å². The summed E-state index contributed by atoms with van der Waals surface area (Å²) in [6, 6.07) is 10.6. The van der Waals surface area contributed by atoms with Crippen LogP contribution >= 0.6 is 15.9 Å². The smallest absolute Gasteiger partial charge is 0.311 e. The molecule has 2 rings (SSSR count). The SMILES string of the molecule is O=C(c1ccccc1)c1cc([N+](=O)[O-])c(O)cc1Br. The van der Waals surface area contributed by atoms with Gasteiger partial charge in [0, 0.05) is 27.7 Å². The minimum Gasteiger partial charge on any atom is -0.502 e. The molecule has 0 spiro atoms. The number of carbonyl (C=O) groups is 1. The summed E-state index contributed by atoms with van der Waals surface area (Å²) >= 11 is 3.12. The second-order valence-electron chi connectivity index (χ2n) is 3.77. The third-order valence-electron chi connectivity index (χ3n) is 2.54. The molecule has 0 saturated carbocycles. The lowest BCUT2D eigenvalue weighted by Crippen LogP contribution is -2.03. The van der Waals surface area contributed by atoms with E-state index in [1.807, 2.05) is 0 Å². The summed E-state index contributed by atoms with van der Waals surface area (Å²) in [5.41, 5.74) is 0.0568. The zero-order valence-electron chi connectivity index (χ0n) is 9.54. The van der Waals surface area contributed by atoms with Crippen molar-refractivity contribution in [3.8, 4) is 5.75 Å². The van der Waals surface area contributed by atoms with Crippen molar-refractivity contribution < 1.29 is 14.8 Å². The summed E-state index contributed by atoms with van der Waals surface area (Å²) in [6.07, 6.45) is 0. The number of aromatic hydroxyl groups is 1. The number of phenols is 1. The standard InChI is InChI=1S/C13H8BrNO4/c14-10-7-12(16)11(15(18)19)6-9(10)13(17)8-4-2-1-3-5-8/h1-7,16H. The maximum atomic E-state index is 12.2. The zero-order chi connectivity index (χ0) is 14.0. The Labute approximate surface area is 116 Å². The molecule has 5 nitrogen and oxygen atoms in total. The van der Waals surface area contributed by atoms with Crippen molar-refractivity contribution >= 4 is 27.4 Å². The van der Waals surface area contributed by atoms with E-state index in [1.165, 1.54) is 0 Å². The molecule has 0 fully saturated rings. The van der Waals surface area contributed by atoms with E-state index in [-0.39, 0.29) is 11.3 Å². The Kier molecular flexibility index (Phi) is 3.62. The number of phenolic OH excluding ortho intramolecular Hbond substituents is 1. The van der Waals surface area contributed by atoms with Gasteiger partial charge in [-0.3, -0.25) is 14.9 Å². The second-order valence-corrected chi connectivity index (χ2v) is 4.63. The van der Waals surface area contributed by atoms with Gasteiger partial charge < -0.3 is 5.11 Å². The minimum atomic E-state index is -0.733. The maximum absolute atomic E-state index is 12.2. The lowest BCUT2D eigenvalue weighted by Gasteiger charge is -2.05. The van der Waals surface area contributed by atoms with E-state index in [0.717, 1.165) is 12.1 Å². The Morgan fingerprint density at radius 1 is 1.21 bits per heavy atom. The summed E-state index contributed by atoms with van der Waals surface area (Å²) in [5.74, 6) is -0.836. The third-order valence-corrected chi connectivity index (χ3v) is 3.20. The topological polar surface area (TPSA) is 80.4 Å². The Morgan fingerprint density at radius 3 is 2.42 bits per heavy atom. The molecular weight excluding hydrogens is 314 g/mol. The molecule has 19 heavy (non-hydrogen) atoms. The number of hydrogen-bond donors (Lipinski definition) is 1. The number of hydrogen-bond acceptors (Lipinski definition) is 4. The molecule has 1 N–H and O–H groups in total.